The van der Waals surface area contributed by atoms with Gasteiger partial charge in [0.25, 0.3) is 0 Å². The summed E-state index contributed by atoms with van der Waals surface area (Å²) >= 11 is 0. The first kappa shape index (κ1) is 12.3. The van der Waals surface area contributed by atoms with Gasteiger partial charge in [-0.2, -0.15) is 5.26 Å². The Balaban J connectivity index is 2.42. The van der Waals surface area contributed by atoms with E-state index in [1.54, 1.807) is 25.1 Å². The Morgan fingerprint density at radius 1 is 1.44 bits per heavy atom. The number of oxazole rings is 1. The molecule has 18 heavy (non-hydrogen) atoms. The number of hydrogen-bond acceptors (Lipinski definition) is 4. The molecule has 0 N–H and O–H groups in total. The molecular formula is C14H14N2O2. The largest absolute Gasteiger partial charge is 0.441 e. The van der Waals surface area contributed by atoms with Crippen LogP contribution in [0.2, 0.25) is 0 Å². The van der Waals surface area contributed by atoms with Crippen molar-refractivity contribution in [3.63, 3.8) is 0 Å². The minimum Gasteiger partial charge on any atom is -0.441 e. The molecule has 2 aromatic rings. The number of rotatable bonds is 3. The molecule has 2 rings (SSSR count). The van der Waals surface area contributed by atoms with E-state index in [2.05, 4.69) is 11.1 Å². The highest BCUT2D eigenvalue weighted by molar-refractivity contribution is 6.01. The molecule has 1 heterocycles. The van der Waals surface area contributed by atoms with Gasteiger partial charge >= 0.3 is 0 Å². The van der Waals surface area contributed by atoms with Gasteiger partial charge in [-0.15, -0.1) is 0 Å². The number of hydrogen-bond donors (Lipinski definition) is 0. The summed E-state index contributed by atoms with van der Waals surface area (Å²) < 4.78 is 5.39. The molecule has 0 amide bonds. The van der Waals surface area contributed by atoms with Crippen molar-refractivity contribution in [3.8, 4) is 6.07 Å². The summed E-state index contributed by atoms with van der Waals surface area (Å²) in [5.41, 5.74) is 1.81. The minimum atomic E-state index is -0.619. The minimum absolute atomic E-state index is 0.00495. The van der Waals surface area contributed by atoms with Crippen LogP contribution >= 0.6 is 0 Å². The number of aryl methyl sites for hydroxylation is 1. The van der Waals surface area contributed by atoms with Gasteiger partial charge in [0.05, 0.1) is 6.07 Å². The van der Waals surface area contributed by atoms with Crippen LogP contribution in [0, 0.1) is 30.1 Å². The summed E-state index contributed by atoms with van der Waals surface area (Å²) in [7, 11) is 0. The highest BCUT2D eigenvalue weighted by Gasteiger charge is 2.23. The van der Waals surface area contributed by atoms with E-state index in [0.717, 1.165) is 5.52 Å². The zero-order valence-corrected chi connectivity index (χ0v) is 10.6. The van der Waals surface area contributed by atoms with E-state index in [0.29, 0.717) is 17.0 Å². The van der Waals surface area contributed by atoms with Gasteiger partial charge in [0.15, 0.2) is 17.3 Å². The molecule has 0 saturated heterocycles. The third-order valence-electron chi connectivity index (χ3n) is 2.87. The van der Waals surface area contributed by atoms with Crippen molar-refractivity contribution in [2.24, 2.45) is 11.8 Å². The monoisotopic (exact) mass is 242 g/mol. The van der Waals surface area contributed by atoms with Gasteiger partial charge < -0.3 is 4.42 Å². The van der Waals surface area contributed by atoms with Crippen molar-refractivity contribution < 1.29 is 9.21 Å². The van der Waals surface area contributed by atoms with Crippen LogP contribution in [-0.2, 0) is 0 Å². The Bertz CT molecular complexity index is 635. The number of benzene rings is 1. The third-order valence-corrected chi connectivity index (χ3v) is 2.87. The zero-order chi connectivity index (χ0) is 13.3. The second-order valence-corrected chi connectivity index (χ2v) is 4.63. The number of ketones is 1. The summed E-state index contributed by atoms with van der Waals surface area (Å²) in [5, 5.41) is 9.04. The molecule has 1 aromatic carbocycles. The first-order chi connectivity index (χ1) is 8.52. The molecule has 4 nitrogen and oxygen atoms in total. The molecule has 0 fully saturated rings. The van der Waals surface area contributed by atoms with Gasteiger partial charge in [0.2, 0.25) is 0 Å². The fourth-order valence-corrected chi connectivity index (χ4v) is 1.88. The number of carbonyl (C=O) groups is 1. The molecule has 0 bridgehead atoms. The predicted molar refractivity (Wildman–Crippen MR) is 67.0 cm³/mol. The maximum absolute atomic E-state index is 12.2. The Morgan fingerprint density at radius 3 is 2.78 bits per heavy atom. The molecular weight excluding hydrogens is 228 g/mol. The molecule has 1 atom stereocenters. The van der Waals surface area contributed by atoms with Crippen molar-refractivity contribution in [1.29, 1.82) is 5.26 Å². The summed E-state index contributed by atoms with van der Waals surface area (Å²) in [6.07, 6.45) is 0. The quantitative estimate of drug-likeness (QED) is 0.775. The maximum Gasteiger partial charge on any atom is 0.192 e. The van der Waals surface area contributed by atoms with Gasteiger partial charge in [-0.05, 0) is 24.1 Å². The van der Waals surface area contributed by atoms with Crippen LogP contribution < -0.4 is 0 Å². The zero-order valence-electron chi connectivity index (χ0n) is 10.6. The average molecular weight is 242 g/mol. The predicted octanol–water partition coefficient (Wildman–Crippen LogP) is 3.11. The van der Waals surface area contributed by atoms with E-state index in [-0.39, 0.29) is 11.7 Å². The van der Waals surface area contributed by atoms with Crippen molar-refractivity contribution in [2.75, 3.05) is 0 Å². The van der Waals surface area contributed by atoms with Crippen molar-refractivity contribution in [3.05, 3.63) is 29.7 Å². The lowest BCUT2D eigenvalue weighted by molar-refractivity contribution is 0.0924. The second-order valence-electron chi connectivity index (χ2n) is 4.63. The standard InChI is InChI=1S/C14H14N2O2/c1-8(2)11(7-15)14(17)10-4-5-12-13(6-10)18-9(3)16-12/h4-6,8,11H,1-3H3. The van der Waals surface area contributed by atoms with Crippen LogP contribution in [0.3, 0.4) is 0 Å². The topological polar surface area (TPSA) is 66.9 Å². The molecule has 0 radical (unpaired) electrons. The Hall–Kier alpha value is -2.15. The molecule has 0 spiro atoms. The highest BCUT2D eigenvalue weighted by Crippen LogP contribution is 2.21. The molecule has 0 aliphatic heterocycles. The summed E-state index contributed by atoms with van der Waals surface area (Å²) in [4.78, 5) is 16.4. The van der Waals surface area contributed by atoms with Crippen LogP contribution in [0.4, 0.5) is 0 Å². The van der Waals surface area contributed by atoms with Gasteiger partial charge in [-0.3, -0.25) is 4.79 Å². The Morgan fingerprint density at radius 2 is 2.17 bits per heavy atom. The van der Waals surface area contributed by atoms with E-state index >= 15 is 0 Å². The van der Waals surface area contributed by atoms with E-state index in [9.17, 15) is 4.79 Å². The number of nitriles is 1. The smallest absolute Gasteiger partial charge is 0.192 e. The van der Waals surface area contributed by atoms with Gasteiger partial charge in [0, 0.05) is 12.5 Å². The summed E-state index contributed by atoms with van der Waals surface area (Å²) in [6.45, 7) is 5.49. The van der Waals surface area contributed by atoms with Crippen LogP contribution in [0.1, 0.15) is 30.1 Å². The molecule has 1 aromatic heterocycles. The summed E-state index contributed by atoms with van der Waals surface area (Å²) in [5.74, 6) is -0.222. The highest BCUT2D eigenvalue weighted by atomic mass is 16.3. The number of carbonyl (C=O) groups excluding carboxylic acids is 1. The van der Waals surface area contributed by atoms with E-state index in [1.807, 2.05) is 13.8 Å². The van der Waals surface area contributed by atoms with E-state index in [4.69, 9.17) is 9.68 Å². The SMILES string of the molecule is Cc1nc2ccc(C(=O)C(C#N)C(C)C)cc2o1. The van der Waals surface area contributed by atoms with E-state index in [1.165, 1.54) is 0 Å². The average Bonchev–Trinajstić information content (AvgIpc) is 2.68. The second kappa shape index (κ2) is 4.61. The van der Waals surface area contributed by atoms with Crippen LogP contribution in [0.25, 0.3) is 11.1 Å². The van der Waals surface area contributed by atoms with Crippen LogP contribution in [0.5, 0.6) is 0 Å². The van der Waals surface area contributed by atoms with Gasteiger partial charge in [0.1, 0.15) is 11.4 Å². The van der Waals surface area contributed by atoms with Crippen molar-refractivity contribution >= 4 is 16.9 Å². The lowest BCUT2D eigenvalue weighted by atomic mass is 9.89. The normalized spacial score (nSPS) is 12.6. The number of Topliss-reactive ketones (excluding diaryl/α,β-unsaturated/α-hetero) is 1. The Labute approximate surface area is 105 Å². The van der Waals surface area contributed by atoms with Gasteiger partial charge in [-0.1, -0.05) is 13.8 Å². The summed E-state index contributed by atoms with van der Waals surface area (Å²) in [6, 6.07) is 7.15. The fraction of sp³-hybridized carbons (Fsp3) is 0.357. The third kappa shape index (κ3) is 2.12. The van der Waals surface area contributed by atoms with Crippen molar-refractivity contribution in [1.82, 2.24) is 4.98 Å². The first-order valence-electron chi connectivity index (χ1n) is 5.84. The van der Waals surface area contributed by atoms with Crippen LogP contribution in [-0.4, -0.2) is 10.8 Å². The fourth-order valence-electron chi connectivity index (χ4n) is 1.88. The molecule has 0 saturated carbocycles. The lowest BCUT2D eigenvalue weighted by Gasteiger charge is -2.11. The number of fused-ring (bicyclic) bond motifs is 1. The molecule has 1 unspecified atom stereocenters. The first-order valence-corrected chi connectivity index (χ1v) is 5.84. The Kier molecular flexibility index (Phi) is 3.15. The van der Waals surface area contributed by atoms with Crippen molar-refractivity contribution in [2.45, 2.75) is 20.8 Å². The molecule has 92 valence electrons. The molecule has 0 aliphatic carbocycles. The molecule has 4 heteroatoms. The number of nitrogens with zero attached hydrogens (tertiary/aromatic N) is 2. The molecule has 0 aliphatic rings. The van der Waals surface area contributed by atoms with Crippen LogP contribution in [0.15, 0.2) is 22.6 Å². The van der Waals surface area contributed by atoms with E-state index < -0.39 is 5.92 Å². The maximum atomic E-state index is 12.2. The van der Waals surface area contributed by atoms with Gasteiger partial charge in [-0.25, -0.2) is 4.98 Å². The number of aromatic nitrogens is 1. The lowest BCUT2D eigenvalue weighted by Crippen LogP contribution is -2.18.